The number of benzene rings is 2. The van der Waals surface area contributed by atoms with E-state index in [9.17, 15) is 9.59 Å². The fraction of sp³-hybridized carbons (Fsp3) is 0.217. The molecule has 3 rings (SSSR count). The molecule has 1 aromatic heterocycles. The Labute approximate surface area is 201 Å². The standard InChI is InChI=1S/C23H24ClN5O3S/c1-4-11-29-20(13-21(30)26-18-7-5-6-8-19(18)32-3)27-28-23(29)33-14-22(31)25-17-10-9-16(24)12-15(17)2/h4-10,12H,1,11,13-14H2,2-3H3,(H,25,31)(H,26,30). The summed E-state index contributed by atoms with van der Waals surface area (Å²) in [5.41, 5.74) is 2.15. The number of para-hydroxylation sites is 2. The molecule has 0 aliphatic carbocycles. The van der Waals surface area contributed by atoms with E-state index in [0.717, 1.165) is 5.56 Å². The molecule has 2 amide bonds. The Morgan fingerprint density at radius 1 is 1.15 bits per heavy atom. The second-order valence-electron chi connectivity index (χ2n) is 7.02. The van der Waals surface area contributed by atoms with Crippen LogP contribution in [0.5, 0.6) is 5.75 Å². The van der Waals surface area contributed by atoms with Gasteiger partial charge in [0.1, 0.15) is 11.6 Å². The highest BCUT2D eigenvalue weighted by molar-refractivity contribution is 7.99. The number of thioether (sulfide) groups is 1. The van der Waals surface area contributed by atoms with Gasteiger partial charge in [0.05, 0.1) is 25.0 Å². The van der Waals surface area contributed by atoms with Crippen molar-refractivity contribution in [3.63, 3.8) is 0 Å². The van der Waals surface area contributed by atoms with E-state index in [2.05, 4.69) is 27.4 Å². The summed E-state index contributed by atoms with van der Waals surface area (Å²) in [6.45, 7) is 6.04. The van der Waals surface area contributed by atoms with Crippen LogP contribution in [-0.2, 0) is 22.6 Å². The maximum absolute atomic E-state index is 12.6. The number of halogens is 1. The first-order chi connectivity index (χ1) is 15.9. The lowest BCUT2D eigenvalue weighted by Crippen LogP contribution is -2.18. The summed E-state index contributed by atoms with van der Waals surface area (Å²) in [5.74, 6) is 0.721. The monoisotopic (exact) mass is 485 g/mol. The molecule has 0 spiro atoms. The summed E-state index contributed by atoms with van der Waals surface area (Å²) in [6.07, 6.45) is 1.70. The molecule has 2 aromatic carbocycles. The molecule has 172 valence electrons. The number of allylic oxidation sites excluding steroid dienone is 1. The second kappa shape index (κ2) is 11.5. The zero-order valence-electron chi connectivity index (χ0n) is 18.3. The molecule has 0 fully saturated rings. The number of nitrogens with one attached hydrogen (secondary N) is 2. The number of amides is 2. The van der Waals surface area contributed by atoms with Crippen LogP contribution < -0.4 is 15.4 Å². The molecular weight excluding hydrogens is 462 g/mol. The fourth-order valence-corrected chi connectivity index (χ4v) is 4.03. The first-order valence-electron chi connectivity index (χ1n) is 10.1. The normalized spacial score (nSPS) is 10.5. The molecule has 0 saturated carbocycles. The number of carbonyl (C=O) groups excluding carboxylic acids is 2. The Balaban J connectivity index is 1.64. The molecule has 33 heavy (non-hydrogen) atoms. The smallest absolute Gasteiger partial charge is 0.234 e. The van der Waals surface area contributed by atoms with Gasteiger partial charge < -0.3 is 19.9 Å². The lowest BCUT2D eigenvalue weighted by atomic mass is 10.2. The highest BCUT2D eigenvalue weighted by Crippen LogP contribution is 2.24. The number of hydrogen-bond donors (Lipinski definition) is 2. The van der Waals surface area contributed by atoms with Crippen LogP contribution >= 0.6 is 23.4 Å². The zero-order valence-corrected chi connectivity index (χ0v) is 19.9. The first kappa shape index (κ1) is 24.3. The lowest BCUT2D eigenvalue weighted by molar-refractivity contribution is -0.116. The van der Waals surface area contributed by atoms with E-state index in [1.165, 1.54) is 11.8 Å². The zero-order chi connectivity index (χ0) is 23.8. The van der Waals surface area contributed by atoms with Crippen molar-refractivity contribution in [2.24, 2.45) is 0 Å². The average molecular weight is 486 g/mol. The van der Waals surface area contributed by atoms with Crippen LogP contribution in [0.2, 0.25) is 5.02 Å². The van der Waals surface area contributed by atoms with Crippen molar-refractivity contribution >= 4 is 46.6 Å². The van der Waals surface area contributed by atoms with E-state index >= 15 is 0 Å². The van der Waals surface area contributed by atoms with Gasteiger partial charge in [-0.15, -0.1) is 16.8 Å². The Morgan fingerprint density at radius 3 is 2.64 bits per heavy atom. The molecule has 0 saturated heterocycles. The Hall–Kier alpha value is -3.30. The highest BCUT2D eigenvalue weighted by atomic mass is 35.5. The third kappa shape index (κ3) is 6.59. The van der Waals surface area contributed by atoms with Crippen molar-refractivity contribution in [2.75, 3.05) is 23.5 Å². The number of aromatic nitrogens is 3. The quantitative estimate of drug-likeness (QED) is 0.327. The van der Waals surface area contributed by atoms with Crippen LogP contribution in [0.15, 0.2) is 60.3 Å². The Morgan fingerprint density at radius 2 is 1.91 bits per heavy atom. The first-order valence-corrected chi connectivity index (χ1v) is 11.4. The van der Waals surface area contributed by atoms with Gasteiger partial charge in [-0.3, -0.25) is 9.59 Å². The number of rotatable bonds is 10. The summed E-state index contributed by atoms with van der Waals surface area (Å²) in [5, 5.41) is 15.1. The molecule has 0 radical (unpaired) electrons. The predicted molar refractivity (Wildman–Crippen MR) is 131 cm³/mol. The Bertz CT molecular complexity index is 1160. The van der Waals surface area contributed by atoms with Crippen molar-refractivity contribution < 1.29 is 14.3 Å². The van der Waals surface area contributed by atoms with Crippen molar-refractivity contribution in [2.45, 2.75) is 25.0 Å². The van der Waals surface area contributed by atoms with Gasteiger partial charge in [-0.25, -0.2) is 0 Å². The number of anilines is 2. The molecule has 0 aliphatic heterocycles. The molecular formula is C23H24ClN5O3S. The third-order valence-electron chi connectivity index (χ3n) is 4.60. The van der Waals surface area contributed by atoms with E-state index in [1.807, 2.05) is 19.1 Å². The summed E-state index contributed by atoms with van der Waals surface area (Å²) < 4.78 is 7.03. The second-order valence-corrected chi connectivity index (χ2v) is 8.40. The van der Waals surface area contributed by atoms with Gasteiger partial charge in [0.25, 0.3) is 0 Å². The number of aryl methyl sites for hydroxylation is 1. The summed E-state index contributed by atoms with van der Waals surface area (Å²) in [4.78, 5) is 25.0. The number of hydrogen-bond acceptors (Lipinski definition) is 6. The van der Waals surface area contributed by atoms with E-state index in [4.69, 9.17) is 16.3 Å². The van der Waals surface area contributed by atoms with Crippen LogP contribution in [-0.4, -0.2) is 39.4 Å². The van der Waals surface area contributed by atoms with Gasteiger partial charge in [-0.1, -0.05) is 41.6 Å². The molecule has 0 bridgehead atoms. The minimum atomic E-state index is -0.260. The van der Waals surface area contributed by atoms with Gasteiger partial charge >= 0.3 is 0 Å². The van der Waals surface area contributed by atoms with Crippen LogP contribution in [0.4, 0.5) is 11.4 Å². The van der Waals surface area contributed by atoms with E-state index in [1.54, 1.807) is 48.1 Å². The SMILES string of the molecule is C=CCn1c(CC(=O)Nc2ccccc2OC)nnc1SCC(=O)Nc1ccc(Cl)cc1C. The number of nitrogens with zero attached hydrogens (tertiary/aromatic N) is 3. The van der Waals surface area contributed by atoms with Crippen LogP contribution in [0, 0.1) is 6.92 Å². The van der Waals surface area contributed by atoms with E-state index in [0.29, 0.717) is 39.7 Å². The molecule has 3 aromatic rings. The van der Waals surface area contributed by atoms with Crippen LogP contribution in [0.1, 0.15) is 11.4 Å². The molecule has 0 atom stereocenters. The molecule has 10 heteroatoms. The van der Waals surface area contributed by atoms with E-state index in [-0.39, 0.29) is 24.0 Å². The largest absolute Gasteiger partial charge is 0.495 e. The van der Waals surface area contributed by atoms with Crippen molar-refractivity contribution in [3.05, 3.63) is 71.5 Å². The molecule has 2 N–H and O–H groups in total. The van der Waals surface area contributed by atoms with Crippen LogP contribution in [0.25, 0.3) is 0 Å². The number of methoxy groups -OCH3 is 1. The van der Waals surface area contributed by atoms with Crippen LogP contribution in [0.3, 0.4) is 0 Å². The molecule has 0 aliphatic rings. The Kier molecular flexibility index (Phi) is 8.51. The highest BCUT2D eigenvalue weighted by Gasteiger charge is 2.17. The molecule has 8 nitrogen and oxygen atoms in total. The van der Waals surface area contributed by atoms with Gasteiger partial charge in [0.15, 0.2) is 5.16 Å². The summed E-state index contributed by atoms with van der Waals surface area (Å²) in [6, 6.07) is 12.4. The minimum Gasteiger partial charge on any atom is -0.495 e. The molecule has 1 heterocycles. The van der Waals surface area contributed by atoms with E-state index < -0.39 is 0 Å². The maximum Gasteiger partial charge on any atom is 0.234 e. The topological polar surface area (TPSA) is 98.1 Å². The predicted octanol–water partition coefficient (Wildman–Crippen LogP) is 4.35. The average Bonchev–Trinajstić information content (AvgIpc) is 3.16. The lowest BCUT2D eigenvalue weighted by Gasteiger charge is -2.11. The van der Waals surface area contributed by atoms with Gasteiger partial charge in [0, 0.05) is 17.3 Å². The van der Waals surface area contributed by atoms with Gasteiger partial charge in [0.2, 0.25) is 11.8 Å². The van der Waals surface area contributed by atoms with Crippen molar-refractivity contribution in [1.29, 1.82) is 0 Å². The maximum atomic E-state index is 12.6. The van der Waals surface area contributed by atoms with Crippen molar-refractivity contribution in [1.82, 2.24) is 14.8 Å². The number of carbonyl (C=O) groups is 2. The number of ether oxygens (including phenoxy) is 1. The van der Waals surface area contributed by atoms with Crippen molar-refractivity contribution in [3.8, 4) is 5.75 Å². The summed E-state index contributed by atoms with van der Waals surface area (Å²) >= 11 is 7.20. The summed E-state index contributed by atoms with van der Waals surface area (Å²) in [7, 11) is 1.54. The van der Waals surface area contributed by atoms with Gasteiger partial charge in [-0.05, 0) is 42.8 Å². The third-order valence-corrected chi connectivity index (χ3v) is 5.80. The fourth-order valence-electron chi connectivity index (χ4n) is 3.04. The molecule has 0 unspecified atom stereocenters. The minimum absolute atomic E-state index is 0.00954. The van der Waals surface area contributed by atoms with Gasteiger partial charge in [-0.2, -0.15) is 0 Å².